The summed E-state index contributed by atoms with van der Waals surface area (Å²) in [6, 6.07) is 15.8. The number of carbonyl (C=O) groups is 1. The van der Waals surface area contributed by atoms with Crippen LogP contribution in [0.2, 0.25) is 0 Å². The highest BCUT2D eigenvalue weighted by Crippen LogP contribution is 2.25. The van der Waals surface area contributed by atoms with Crippen LogP contribution in [0.4, 0.5) is 10.1 Å². The number of halogens is 1. The first kappa shape index (κ1) is 19.9. The van der Waals surface area contributed by atoms with Crippen molar-refractivity contribution in [1.82, 2.24) is 19.1 Å². The number of rotatable bonds is 4. The van der Waals surface area contributed by atoms with E-state index in [0.29, 0.717) is 23.3 Å². The van der Waals surface area contributed by atoms with Gasteiger partial charge in [-0.05, 0) is 74.0 Å². The van der Waals surface area contributed by atoms with Crippen molar-refractivity contribution in [1.29, 1.82) is 0 Å². The normalized spacial score (nSPS) is 11.4. The van der Waals surface area contributed by atoms with Gasteiger partial charge >= 0.3 is 0 Å². The molecule has 0 spiro atoms. The van der Waals surface area contributed by atoms with Gasteiger partial charge in [-0.25, -0.2) is 9.37 Å². The zero-order valence-corrected chi connectivity index (χ0v) is 18.1. The van der Waals surface area contributed by atoms with Crippen molar-refractivity contribution in [2.75, 3.05) is 5.32 Å². The third-order valence-electron chi connectivity index (χ3n) is 5.75. The summed E-state index contributed by atoms with van der Waals surface area (Å²) in [5, 5.41) is 3.63. The second-order valence-corrected chi connectivity index (χ2v) is 8.02. The molecule has 0 aliphatic heterocycles. The van der Waals surface area contributed by atoms with E-state index < -0.39 is 0 Å². The van der Waals surface area contributed by atoms with Crippen LogP contribution in [0.3, 0.4) is 0 Å². The molecule has 6 nitrogen and oxygen atoms in total. The van der Waals surface area contributed by atoms with Crippen molar-refractivity contribution in [2.45, 2.75) is 20.4 Å². The van der Waals surface area contributed by atoms with Gasteiger partial charge in [0.15, 0.2) is 0 Å². The van der Waals surface area contributed by atoms with Gasteiger partial charge in [0.25, 0.3) is 5.91 Å². The van der Waals surface area contributed by atoms with E-state index in [4.69, 9.17) is 0 Å². The minimum Gasteiger partial charge on any atom is -0.331 e. The number of benzene rings is 2. The molecule has 0 aliphatic rings. The minimum absolute atomic E-state index is 0.277. The van der Waals surface area contributed by atoms with E-state index in [1.807, 2.05) is 60.4 Å². The van der Waals surface area contributed by atoms with E-state index >= 15 is 0 Å². The van der Waals surface area contributed by atoms with E-state index in [0.717, 1.165) is 33.6 Å². The minimum atomic E-state index is -0.341. The molecule has 7 heteroatoms. The fraction of sp³-hybridized carbons (Fsp3) is 0.160. The maximum absolute atomic E-state index is 13.9. The first-order valence-electron chi connectivity index (χ1n) is 10.3. The van der Waals surface area contributed by atoms with Crippen molar-refractivity contribution < 1.29 is 9.18 Å². The summed E-state index contributed by atoms with van der Waals surface area (Å²) in [7, 11) is 1.96. The van der Waals surface area contributed by atoms with Crippen LogP contribution in [0.1, 0.15) is 27.6 Å². The third-order valence-corrected chi connectivity index (χ3v) is 5.75. The number of amides is 1. The van der Waals surface area contributed by atoms with Gasteiger partial charge in [0.2, 0.25) is 0 Å². The fourth-order valence-electron chi connectivity index (χ4n) is 4.04. The molecule has 32 heavy (non-hydrogen) atoms. The second-order valence-electron chi connectivity index (χ2n) is 8.02. The number of nitrogens with zero attached hydrogens (tertiary/aromatic N) is 4. The first-order chi connectivity index (χ1) is 15.4. The van der Waals surface area contributed by atoms with Crippen molar-refractivity contribution in [2.24, 2.45) is 7.05 Å². The van der Waals surface area contributed by atoms with E-state index in [1.165, 1.54) is 12.1 Å². The lowest BCUT2D eigenvalue weighted by Gasteiger charge is -2.11. The highest BCUT2D eigenvalue weighted by Gasteiger charge is 2.18. The van der Waals surface area contributed by atoms with Gasteiger partial charge in [0, 0.05) is 29.8 Å². The number of nitrogens with one attached hydrogen (secondary N) is 1. The molecule has 0 saturated carbocycles. The van der Waals surface area contributed by atoms with E-state index in [1.54, 1.807) is 18.3 Å². The molecular formula is C25H22FN5O. The maximum atomic E-state index is 13.9. The fourth-order valence-corrected chi connectivity index (χ4v) is 4.04. The van der Waals surface area contributed by atoms with E-state index in [-0.39, 0.29) is 11.7 Å². The van der Waals surface area contributed by atoms with Crippen LogP contribution in [0.5, 0.6) is 0 Å². The van der Waals surface area contributed by atoms with Gasteiger partial charge in [0.1, 0.15) is 17.3 Å². The molecule has 0 bridgehead atoms. The van der Waals surface area contributed by atoms with E-state index in [9.17, 15) is 9.18 Å². The number of hydrogen-bond acceptors (Lipinski definition) is 3. The number of imidazole rings is 1. The number of aromatic nitrogens is 4. The van der Waals surface area contributed by atoms with E-state index in [2.05, 4.69) is 15.3 Å². The molecule has 3 heterocycles. The summed E-state index contributed by atoms with van der Waals surface area (Å²) >= 11 is 0. The number of hydrogen-bond donors (Lipinski definition) is 1. The lowest BCUT2D eigenvalue weighted by atomic mass is 10.2. The van der Waals surface area contributed by atoms with Crippen molar-refractivity contribution in [3.8, 4) is 0 Å². The highest BCUT2D eigenvalue weighted by atomic mass is 19.1. The molecule has 5 aromatic rings. The topological polar surface area (TPSA) is 64.7 Å². The molecule has 160 valence electrons. The number of pyridine rings is 1. The molecule has 2 aromatic carbocycles. The molecule has 0 saturated heterocycles. The Balaban J connectivity index is 1.54. The molecule has 3 aromatic heterocycles. The van der Waals surface area contributed by atoms with Gasteiger partial charge in [-0.1, -0.05) is 0 Å². The molecule has 5 rings (SSSR count). The van der Waals surface area contributed by atoms with Crippen LogP contribution < -0.4 is 5.32 Å². The lowest BCUT2D eigenvalue weighted by molar-refractivity contribution is 0.101. The van der Waals surface area contributed by atoms with Crippen molar-refractivity contribution in [3.05, 3.63) is 89.4 Å². The largest absolute Gasteiger partial charge is 0.331 e. The van der Waals surface area contributed by atoms with Crippen LogP contribution >= 0.6 is 0 Å². The Morgan fingerprint density at radius 3 is 2.66 bits per heavy atom. The number of fused-ring (bicyclic) bond motifs is 2. The average molecular weight is 427 g/mol. The highest BCUT2D eigenvalue weighted by molar-refractivity contribution is 6.07. The Hall–Kier alpha value is -4.00. The Bertz CT molecular complexity index is 1500. The molecule has 0 unspecified atom stereocenters. The molecule has 0 aliphatic carbocycles. The standard InChI is InChI=1S/C25H22FN5O/c1-15-8-9-27-20(10-15)14-31-22-6-4-18(26)11-17(22)12-24(31)25(32)29-19-5-7-23-21(13-19)28-16(2)30(23)3/h4-13H,14H2,1-3H3,(H,29,32). The second kappa shape index (κ2) is 7.60. The summed E-state index contributed by atoms with van der Waals surface area (Å²) in [6.07, 6.45) is 1.75. The van der Waals surface area contributed by atoms with Crippen molar-refractivity contribution in [3.63, 3.8) is 0 Å². The lowest BCUT2D eigenvalue weighted by Crippen LogP contribution is -2.18. The smallest absolute Gasteiger partial charge is 0.272 e. The SMILES string of the molecule is Cc1ccnc(Cn2c(C(=O)Nc3ccc4c(c3)nc(C)n4C)cc3cc(F)ccc32)c1. The van der Waals surface area contributed by atoms with Crippen LogP contribution in [0.25, 0.3) is 21.9 Å². The molecule has 0 atom stereocenters. The first-order valence-corrected chi connectivity index (χ1v) is 10.3. The summed E-state index contributed by atoms with van der Waals surface area (Å²) in [4.78, 5) is 22.2. The number of carbonyl (C=O) groups excluding carboxylic acids is 1. The molecule has 1 N–H and O–H groups in total. The predicted octanol–water partition coefficient (Wildman–Crippen LogP) is 4.98. The van der Waals surface area contributed by atoms with Crippen LogP contribution in [-0.4, -0.2) is 25.0 Å². The zero-order chi connectivity index (χ0) is 22.4. The van der Waals surface area contributed by atoms with Crippen LogP contribution in [-0.2, 0) is 13.6 Å². The summed E-state index contributed by atoms with van der Waals surface area (Å²) in [5.74, 6) is 0.281. The quantitative estimate of drug-likeness (QED) is 0.440. The summed E-state index contributed by atoms with van der Waals surface area (Å²) in [6.45, 7) is 4.34. The molecule has 1 amide bonds. The van der Waals surface area contributed by atoms with Gasteiger partial charge in [0.05, 0.1) is 23.3 Å². The van der Waals surface area contributed by atoms with Gasteiger partial charge < -0.3 is 14.5 Å². The maximum Gasteiger partial charge on any atom is 0.272 e. The predicted molar refractivity (Wildman–Crippen MR) is 123 cm³/mol. The number of anilines is 1. The van der Waals surface area contributed by atoms with Gasteiger partial charge in [-0.15, -0.1) is 0 Å². The summed E-state index contributed by atoms with van der Waals surface area (Å²) in [5.41, 5.74) is 5.58. The average Bonchev–Trinajstić information content (AvgIpc) is 3.24. The molecular weight excluding hydrogens is 405 g/mol. The van der Waals surface area contributed by atoms with Crippen molar-refractivity contribution >= 4 is 33.5 Å². The Morgan fingerprint density at radius 1 is 1.03 bits per heavy atom. The Kier molecular flexibility index (Phi) is 4.74. The van der Waals surface area contributed by atoms with Gasteiger partial charge in [-0.3, -0.25) is 9.78 Å². The van der Waals surface area contributed by atoms with Gasteiger partial charge in [-0.2, -0.15) is 0 Å². The van der Waals surface area contributed by atoms with Crippen LogP contribution in [0.15, 0.2) is 60.8 Å². The van der Waals surface area contributed by atoms with Crippen LogP contribution in [0, 0.1) is 19.7 Å². The Labute approximate surface area is 184 Å². The number of aryl methyl sites for hydroxylation is 3. The zero-order valence-electron chi connectivity index (χ0n) is 18.1. The summed E-state index contributed by atoms with van der Waals surface area (Å²) < 4.78 is 17.7. The monoisotopic (exact) mass is 427 g/mol. The Morgan fingerprint density at radius 2 is 1.84 bits per heavy atom. The molecule has 0 radical (unpaired) electrons. The third kappa shape index (κ3) is 3.51. The molecule has 0 fully saturated rings.